The zero-order chi connectivity index (χ0) is 8.55. The first kappa shape index (κ1) is 8.21. The lowest BCUT2D eigenvalue weighted by atomic mass is 10.3. The van der Waals surface area contributed by atoms with Crippen molar-refractivity contribution in [3.05, 3.63) is 29.3 Å². The Labute approximate surface area is 81.2 Å². The summed E-state index contributed by atoms with van der Waals surface area (Å²) in [5, 5.41) is 0.814. The lowest BCUT2D eigenvalue weighted by molar-refractivity contribution is 0.304. The summed E-state index contributed by atoms with van der Waals surface area (Å²) in [6, 6.07) is 7.43. The molecule has 2 rings (SSSR count). The van der Waals surface area contributed by atoms with Crippen LogP contribution >= 0.6 is 23.2 Å². The van der Waals surface area contributed by atoms with Gasteiger partial charge in [0.15, 0.2) is 0 Å². The maximum Gasteiger partial charge on any atom is 0.138 e. The summed E-state index contributed by atoms with van der Waals surface area (Å²) in [6.45, 7) is 0. The highest BCUT2D eigenvalue weighted by molar-refractivity contribution is 6.32. The van der Waals surface area contributed by atoms with E-state index in [0.29, 0.717) is 5.02 Å². The zero-order valence-electron chi connectivity index (χ0n) is 6.34. The average Bonchev–Trinajstić information content (AvgIpc) is 2.72. The number of rotatable bonds is 2. The first-order chi connectivity index (χ1) is 5.77. The Kier molecular flexibility index (Phi) is 2.16. The Morgan fingerprint density at radius 3 is 2.58 bits per heavy atom. The second kappa shape index (κ2) is 3.15. The van der Waals surface area contributed by atoms with E-state index in [1.165, 1.54) is 0 Å². The third kappa shape index (κ3) is 1.67. The summed E-state index contributed by atoms with van der Waals surface area (Å²) in [4.78, 5) is 0. The van der Waals surface area contributed by atoms with Gasteiger partial charge >= 0.3 is 0 Å². The van der Waals surface area contributed by atoms with Gasteiger partial charge in [-0.25, -0.2) is 0 Å². The quantitative estimate of drug-likeness (QED) is 0.671. The molecule has 3 heteroatoms. The maximum absolute atomic E-state index is 5.88. The van der Waals surface area contributed by atoms with Crippen molar-refractivity contribution in [2.75, 3.05) is 0 Å². The van der Waals surface area contributed by atoms with Crippen LogP contribution in [0.5, 0.6) is 5.75 Å². The molecule has 0 saturated heterocycles. The van der Waals surface area contributed by atoms with Crippen LogP contribution in [0.25, 0.3) is 0 Å². The predicted molar refractivity (Wildman–Crippen MR) is 50.1 cm³/mol. The predicted octanol–water partition coefficient (Wildman–Crippen LogP) is 3.10. The monoisotopic (exact) mass is 202 g/mol. The van der Waals surface area contributed by atoms with Crippen LogP contribution < -0.4 is 4.74 Å². The van der Waals surface area contributed by atoms with Gasteiger partial charge in [-0.15, -0.1) is 11.6 Å². The minimum Gasteiger partial charge on any atom is -0.487 e. The Hall–Kier alpha value is -0.400. The molecule has 0 bridgehead atoms. The normalized spacial score (nSPS) is 26.8. The number of hydrogen-bond acceptors (Lipinski definition) is 1. The van der Waals surface area contributed by atoms with Gasteiger partial charge in [0.2, 0.25) is 0 Å². The van der Waals surface area contributed by atoms with E-state index in [1.807, 2.05) is 24.3 Å². The van der Waals surface area contributed by atoms with E-state index in [0.717, 1.165) is 12.2 Å². The molecule has 0 aromatic heterocycles. The maximum atomic E-state index is 5.88. The molecule has 1 aliphatic rings. The van der Waals surface area contributed by atoms with Crippen molar-refractivity contribution in [3.63, 3.8) is 0 Å². The summed E-state index contributed by atoms with van der Waals surface area (Å²) in [7, 11) is 0. The van der Waals surface area contributed by atoms with E-state index in [2.05, 4.69) is 0 Å². The molecule has 1 aromatic carbocycles. The molecule has 1 aliphatic carbocycles. The molecule has 1 saturated carbocycles. The van der Waals surface area contributed by atoms with E-state index in [4.69, 9.17) is 27.9 Å². The van der Waals surface area contributed by atoms with E-state index in [9.17, 15) is 0 Å². The first-order valence-corrected chi connectivity index (χ1v) is 4.64. The number of halogens is 2. The Bertz CT molecular complexity index is 288. The fraction of sp³-hybridized carbons (Fsp3) is 0.333. The van der Waals surface area contributed by atoms with E-state index in [1.54, 1.807) is 0 Å². The lowest BCUT2D eigenvalue weighted by Crippen LogP contribution is -1.99. The Morgan fingerprint density at radius 2 is 2.00 bits per heavy atom. The molecule has 0 amide bonds. The van der Waals surface area contributed by atoms with E-state index < -0.39 is 0 Å². The van der Waals surface area contributed by atoms with Gasteiger partial charge in [-0.05, 0) is 12.1 Å². The lowest BCUT2D eigenvalue weighted by Gasteiger charge is -2.05. The summed E-state index contributed by atoms with van der Waals surface area (Å²) in [5.41, 5.74) is 0. The van der Waals surface area contributed by atoms with Gasteiger partial charge in [0.25, 0.3) is 0 Å². The van der Waals surface area contributed by atoms with Crippen LogP contribution in [0.15, 0.2) is 24.3 Å². The SMILES string of the molecule is Clc1ccccc1OC1CC1Cl. The van der Waals surface area contributed by atoms with Gasteiger partial charge in [0.05, 0.1) is 10.4 Å². The molecule has 0 spiro atoms. The van der Waals surface area contributed by atoms with Gasteiger partial charge in [-0.1, -0.05) is 23.7 Å². The largest absolute Gasteiger partial charge is 0.487 e. The standard InChI is InChI=1S/C9H8Cl2O/c10-6-3-1-2-4-8(6)12-9-5-7(9)11/h1-4,7,9H,5H2. The van der Waals surface area contributed by atoms with Crippen LogP contribution in [0, 0.1) is 0 Å². The van der Waals surface area contributed by atoms with Crippen LogP contribution in [0.4, 0.5) is 0 Å². The van der Waals surface area contributed by atoms with Gasteiger partial charge < -0.3 is 4.74 Å². The van der Waals surface area contributed by atoms with Gasteiger partial charge in [-0.3, -0.25) is 0 Å². The smallest absolute Gasteiger partial charge is 0.138 e. The summed E-state index contributed by atoms with van der Waals surface area (Å²) >= 11 is 11.7. The van der Waals surface area contributed by atoms with Crippen molar-refractivity contribution < 1.29 is 4.74 Å². The summed E-state index contributed by atoms with van der Waals surface area (Å²) < 4.78 is 5.50. The van der Waals surface area contributed by atoms with Crippen LogP contribution in [0.1, 0.15) is 6.42 Å². The molecule has 0 N–H and O–H groups in total. The molecule has 1 aromatic rings. The summed E-state index contributed by atoms with van der Waals surface area (Å²) in [6.07, 6.45) is 1.08. The highest BCUT2D eigenvalue weighted by Crippen LogP contribution is 2.35. The molecule has 2 unspecified atom stereocenters. The number of alkyl halides is 1. The molecule has 1 nitrogen and oxygen atoms in total. The van der Waals surface area contributed by atoms with Crippen LogP contribution in [0.2, 0.25) is 5.02 Å². The van der Waals surface area contributed by atoms with Crippen molar-refractivity contribution in [1.29, 1.82) is 0 Å². The second-order valence-electron chi connectivity index (χ2n) is 2.84. The topological polar surface area (TPSA) is 9.23 Å². The Balaban J connectivity index is 2.08. The number of benzene rings is 1. The molecule has 0 aliphatic heterocycles. The van der Waals surface area contributed by atoms with Crippen molar-refractivity contribution in [2.45, 2.75) is 17.9 Å². The van der Waals surface area contributed by atoms with Crippen molar-refractivity contribution in [1.82, 2.24) is 0 Å². The van der Waals surface area contributed by atoms with Gasteiger partial charge in [-0.2, -0.15) is 0 Å². The summed E-state index contributed by atoms with van der Waals surface area (Å²) in [5.74, 6) is 0.729. The molecule has 1 fully saturated rings. The fourth-order valence-corrected chi connectivity index (χ4v) is 1.38. The third-order valence-electron chi connectivity index (χ3n) is 1.77. The van der Waals surface area contributed by atoms with Crippen molar-refractivity contribution in [3.8, 4) is 5.75 Å². The molecule has 64 valence electrons. The third-order valence-corrected chi connectivity index (χ3v) is 2.54. The Morgan fingerprint density at radius 1 is 1.33 bits per heavy atom. The molecule has 12 heavy (non-hydrogen) atoms. The highest BCUT2D eigenvalue weighted by Gasteiger charge is 2.37. The van der Waals surface area contributed by atoms with Crippen LogP contribution in [-0.2, 0) is 0 Å². The molecule has 0 radical (unpaired) electrons. The number of para-hydroxylation sites is 1. The van der Waals surface area contributed by atoms with Crippen molar-refractivity contribution in [2.24, 2.45) is 0 Å². The fourth-order valence-electron chi connectivity index (χ4n) is 0.969. The molecule has 0 heterocycles. The van der Waals surface area contributed by atoms with E-state index in [-0.39, 0.29) is 11.5 Å². The molecular formula is C9H8Cl2O. The number of ether oxygens (including phenoxy) is 1. The van der Waals surface area contributed by atoms with Crippen LogP contribution in [-0.4, -0.2) is 11.5 Å². The van der Waals surface area contributed by atoms with Gasteiger partial charge in [0, 0.05) is 6.42 Å². The second-order valence-corrected chi connectivity index (χ2v) is 3.81. The van der Waals surface area contributed by atoms with Crippen molar-refractivity contribution >= 4 is 23.2 Å². The van der Waals surface area contributed by atoms with Crippen LogP contribution in [0.3, 0.4) is 0 Å². The minimum atomic E-state index is 0.159. The average molecular weight is 203 g/mol. The van der Waals surface area contributed by atoms with Gasteiger partial charge in [0.1, 0.15) is 11.9 Å². The molecular weight excluding hydrogens is 195 g/mol. The highest BCUT2D eigenvalue weighted by atomic mass is 35.5. The molecule has 2 atom stereocenters. The van der Waals surface area contributed by atoms with E-state index >= 15 is 0 Å². The minimum absolute atomic E-state index is 0.159. The zero-order valence-corrected chi connectivity index (χ0v) is 7.85. The number of hydrogen-bond donors (Lipinski definition) is 0. The first-order valence-electron chi connectivity index (χ1n) is 3.82.